The Morgan fingerprint density at radius 2 is 2.17 bits per heavy atom. The quantitative estimate of drug-likeness (QED) is 0.523. The van der Waals surface area contributed by atoms with Crippen LogP contribution in [0.15, 0.2) is 0 Å². The molecule has 0 spiro atoms. The summed E-state index contributed by atoms with van der Waals surface area (Å²) in [5, 5.41) is 5.65. The van der Waals surface area contributed by atoms with E-state index in [-0.39, 0.29) is 12.5 Å². The summed E-state index contributed by atoms with van der Waals surface area (Å²) in [6.45, 7) is 4.27. The normalized spacial score (nSPS) is 9.83. The van der Waals surface area contributed by atoms with Crippen molar-refractivity contribution in [2.45, 2.75) is 13.3 Å². The van der Waals surface area contributed by atoms with Crippen LogP contribution >= 0.6 is 0 Å². The van der Waals surface area contributed by atoms with Crippen LogP contribution in [0, 0.1) is 0 Å². The van der Waals surface area contributed by atoms with E-state index in [1.807, 2.05) is 14.0 Å². The zero-order valence-electron chi connectivity index (χ0n) is 7.85. The second-order valence-corrected chi connectivity index (χ2v) is 2.51. The van der Waals surface area contributed by atoms with E-state index in [1.54, 1.807) is 0 Å². The Morgan fingerprint density at radius 1 is 1.42 bits per heavy atom. The number of nitrogens with one attached hydrogen (secondary N) is 2. The van der Waals surface area contributed by atoms with Crippen molar-refractivity contribution < 1.29 is 9.53 Å². The van der Waals surface area contributed by atoms with Crippen molar-refractivity contribution in [1.29, 1.82) is 0 Å². The highest BCUT2D eigenvalue weighted by molar-refractivity contribution is 5.77. The van der Waals surface area contributed by atoms with Crippen LogP contribution in [0.3, 0.4) is 0 Å². The molecule has 0 aliphatic carbocycles. The standard InChI is InChI=1S/C8H18N2O2/c1-3-4-10-8(11)7-12-6-5-9-2/h9H,3-7H2,1-2H3,(H,10,11). The predicted molar refractivity (Wildman–Crippen MR) is 48.0 cm³/mol. The monoisotopic (exact) mass is 174 g/mol. The first-order valence-corrected chi connectivity index (χ1v) is 4.30. The Bertz CT molecular complexity index is 118. The maximum absolute atomic E-state index is 10.9. The van der Waals surface area contributed by atoms with Crippen molar-refractivity contribution in [3.63, 3.8) is 0 Å². The van der Waals surface area contributed by atoms with Crippen LogP contribution in [-0.2, 0) is 9.53 Å². The van der Waals surface area contributed by atoms with Gasteiger partial charge < -0.3 is 15.4 Å². The van der Waals surface area contributed by atoms with E-state index in [9.17, 15) is 4.79 Å². The maximum atomic E-state index is 10.9. The third kappa shape index (κ3) is 7.50. The molecule has 0 bridgehead atoms. The Labute approximate surface area is 73.7 Å². The number of amides is 1. The highest BCUT2D eigenvalue weighted by Gasteiger charge is 1.97. The predicted octanol–water partition coefficient (Wildman–Crippen LogP) is -0.251. The molecule has 2 N–H and O–H groups in total. The van der Waals surface area contributed by atoms with Gasteiger partial charge >= 0.3 is 0 Å². The summed E-state index contributed by atoms with van der Waals surface area (Å²) in [5.74, 6) is -0.0343. The van der Waals surface area contributed by atoms with Crippen LogP contribution in [0.2, 0.25) is 0 Å². The van der Waals surface area contributed by atoms with Crippen LogP contribution < -0.4 is 10.6 Å². The SMILES string of the molecule is CCCNC(=O)COCCNC. The smallest absolute Gasteiger partial charge is 0.245 e. The van der Waals surface area contributed by atoms with E-state index < -0.39 is 0 Å². The van der Waals surface area contributed by atoms with E-state index in [0.29, 0.717) is 6.61 Å². The van der Waals surface area contributed by atoms with Gasteiger partial charge in [0.05, 0.1) is 6.61 Å². The molecule has 0 aromatic heterocycles. The summed E-state index contributed by atoms with van der Waals surface area (Å²) in [6.07, 6.45) is 0.961. The van der Waals surface area contributed by atoms with Gasteiger partial charge in [0.25, 0.3) is 0 Å². The third-order valence-corrected chi connectivity index (χ3v) is 1.30. The first-order valence-electron chi connectivity index (χ1n) is 4.30. The topological polar surface area (TPSA) is 50.4 Å². The Morgan fingerprint density at radius 3 is 2.75 bits per heavy atom. The molecule has 0 aromatic rings. The van der Waals surface area contributed by atoms with Gasteiger partial charge in [0.2, 0.25) is 5.91 Å². The van der Waals surface area contributed by atoms with Crippen LogP contribution in [0.5, 0.6) is 0 Å². The molecule has 0 saturated carbocycles. The van der Waals surface area contributed by atoms with Crippen molar-refractivity contribution in [3.05, 3.63) is 0 Å². The van der Waals surface area contributed by atoms with Gasteiger partial charge in [-0.25, -0.2) is 0 Å². The number of carbonyl (C=O) groups excluding carboxylic acids is 1. The Balaban J connectivity index is 3.08. The van der Waals surface area contributed by atoms with Gasteiger partial charge in [-0.1, -0.05) is 6.92 Å². The van der Waals surface area contributed by atoms with Crippen LogP contribution in [-0.4, -0.2) is 39.3 Å². The first-order chi connectivity index (χ1) is 5.81. The maximum Gasteiger partial charge on any atom is 0.245 e. The van der Waals surface area contributed by atoms with Crippen molar-refractivity contribution >= 4 is 5.91 Å². The molecule has 0 rings (SSSR count). The second kappa shape index (κ2) is 8.49. The summed E-state index contributed by atoms with van der Waals surface area (Å²) in [6, 6.07) is 0. The molecule has 1 amide bonds. The van der Waals surface area contributed by atoms with Crippen LogP contribution in [0.1, 0.15) is 13.3 Å². The summed E-state index contributed by atoms with van der Waals surface area (Å²) in [5.41, 5.74) is 0. The van der Waals surface area contributed by atoms with Gasteiger partial charge in [-0.05, 0) is 13.5 Å². The molecule has 4 nitrogen and oxygen atoms in total. The molecule has 4 heteroatoms. The average Bonchev–Trinajstić information content (AvgIpc) is 2.09. The summed E-state index contributed by atoms with van der Waals surface area (Å²) >= 11 is 0. The third-order valence-electron chi connectivity index (χ3n) is 1.30. The summed E-state index contributed by atoms with van der Waals surface area (Å²) in [7, 11) is 1.85. The molecule has 0 saturated heterocycles. The molecule has 0 aliphatic heterocycles. The van der Waals surface area contributed by atoms with Gasteiger partial charge in [0.1, 0.15) is 6.61 Å². The first kappa shape index (κ1) is 11.4. The Hall–Kier alpha value is -0.610. The van der Waals surface area contributed by atoms with Crippen molar-refractivity contribution in [3.8, 4) is 0 Å². The van der Waals surface area contributed by atoms with Gasteiger partial charge in [0.15, 0.2) is 0 Å². The van der Waals surface area contributed by atoms with E-state index in [2.05, 4.69) is 10.6 Å². The molecular formula is C8H18N2O2. The van der Waals surface area contributed by atoms with Crippen LogP contribution in [0.4, 0.5) is 0 Å². The van der Waals surface area contributed by atoms with Gasteiger partial charge in [-0.3, -0.25) is 4.79 Å². The molecule has 12 heavy (non-hydrogen) atoms. The minimum atomic E-state index is -0.0343. The van der Waals surface area contributed by atoms with Crippen molar-refractivity contribution in [2.24, 2.45) is 0 Å². The zero-order valence-corrected chi connectivity index (χ0v) is 7.85. The fourth-order valence-corrected chi connectivity index (χ4v) is 0.655. The number of hydrogen-bond acceptors (Lipinski definition) is 3. The molecule has 0 heterocycles. The molecular weight excluding hydrogens is 156 g/mol. The number of rotatable bonds is 7. The fourth-order valence-electron chi connectivity index (χ4n) is 0.655. The lowest BCUT2D eigenvalue weighted by molar-refractivity contribution is -0.125. The molecule has 0 atom stereocenters. The largest absolute Gasteiger partial charge is 0.370 e. The molecule has 0 radical (unpaired) electrons. The lowest BCUT2D eigenvalue weighted by Crippen LogP contribution is -2.29. The molecule has 0 aliphatic rings. The number of hydrogen-bond donors (Lipinski definition) is 2. The minimum absolute atomic E-state index is 0.0343. The summed E-state index contributed by atoms with van der Waals surface area (Å²) < 4.78 is 5.06. The highest BCUT2D eigenvalue weighted by atomic mass is 16.5. The molecule has 72 valence electrons. The van der Waals surface area contributed by atoms with E-state index in [1.165, 1.54) is 0 Å². The highest BCUT2D eigenvalue weighted by Crippen LogP contribution is 1.75. The second-order valence-electron chi connectivity index (χ2n) is 2.51. The van der Waals surface area contributed by atoms with E-state index in [0.717, 1.165) is 19.5 Å². The van der Waals surface area contributed by atoms with Gasteiger partial charge in [0, 0.05) is 13.1 Å². The van der Waals surface area contributed by atoms with Gasteiger partial charge in [-0.15, -0.1) is 0 Å². The van der Waals surface area contributed by atoms with E-state index >= 15 is 0 Å². The fraction of sp³-hybridized carbons (Fsp3) is 0.875. The van der Waals surface area contributed by atoms with Crippen molar-refractivity contribution in [2.75, 3.05) is 33.4 Å². The molecule has 0 unspecified atom stereocenters. The van der Waals surface area contributed by atoms with Crippen LogP contribution in [0.25, 0.3) is 0 Å². The van der Waals surface area contributed by atoms with E-state index in [4.69, 9.17) is 4.74 Å². The molecule has 0 aromatic carbocycles. The minimum Gasteiger partial charge on any atom is -0.370 e. The van der Waals surface area contributed by atoms with Crippen molar-refractivity contribution in [1.82, 2.24) is 10.6 Å². The lowest BCUT2D eigenvalue weighted by atomic mass is 10.5. The number of likely N-dealkylation sites (N-methyl/N-ethyl adjacent to an activating group) is 1. The molecule has 0 fully saturated rings. The Kier molecular flexibility index (Phi) is 8.05. The lowest BCUT2D eigenvalue weighted by Gasteiger charge is -2.04. The number of carbonyl (C=O) groups is 1. The zero-order chi connectivity index (χ0) is 9.23. The number of ether oxygens (including phenoxy) is 1. The van der Waals surface area contributed by atoms with Gasteiger partial charge in [-0.2, -0.15) is 0 Å². The average molecular weight is 174 g/mol. The summed E-state index contributed by atoms with van der Waals surface area (Å²) in [4.78, 5) is 10.9.